The topological polar surface area (TPSA) is 67.4 Å². The van der Waals surface area contributed by atoms with Gasteiger partial charge in [0.15, 0.2) is 0 Å². The van der Waals surface area contributed by atoms with Gasteiger partial charge in [-0.1, -0.05) is 35.3 Å². The van der Waals surface area contributed by atoms with E-state index in [1.54, 1.807) is 19.2 Å². The van der Waals surface area contributed by atoms with Crippen molar-refractivity contribution in [1.82, 2.24) is 10.6 Å². The lowest BCUT2D eigenvalue weighted by molar-refractivity contribution is -0.120. The van der Waals surface area contributed by atoms with Crippen LogP contribution in [-0.4, -0.2) is 32.0 Å². The molecule has 0 spiro atoms. The van der Waals surface area contributed by atoms with Gasteiger partial charge in [0.05, 0.1) is 23.6 Å². The molecule has 0 aliphatic rings. The van der Waals surface area contributed by atoms with Gasteiger partial charge in [-0.05, 0) is 35.9 Å². The summed E-state index contributed by atoms with van der Waals surface area (Å²) in [5, 5.41) is 6.17. The number of carbonyl (C=O) groups excluding carboxylic acids is 2. The molecule has 2 aromatic rings. The maximum atomic E-state index is 12.0. The number of nitrogens with one attached hydrogen (secondary N) is 2. The van der Waals surface area contributed by atoms with Gasteiger partial charge < -0.3 is 15.4 Å². The molecule has 0 heterocycles. The molecule has 0 aromatic heterocycles. The van der Waals surface area contributed by atoms with Crippen molar-refractivity contribution < 1.29 is 14.3 Å². The van der Waals surface area contributed by atoms with E-state index in [9.17, 15) is 9.59 Å². The molecule has 0 atom stereocenters. The number of benzene rings is 2. The van der Waals surface area contributed by atoms with Crippen LogP contribution in [0.15, 0.2) is 42.5 Å². The Bertz CT molecular complexity index is 766. The van der Waals surface area contributed by atoms with Crippen molar-refractivity contribution in [2.45, 2.75) is 6.42 Å². The molecule has 0 unspecified atom stereocenters. The Morgan fingerprint density at radius 3 is 2.48 bits per heavy atom. The highest BCUT2D eigenvalue weighted by Gasteiger charge is 2.08. The number of rotatable bonds is 7. The molecule has 7 heteroatoms. The maximum absolute atomic E-state index is 12.0. The number of carbonyl (C=O) groups is 2. The quantitative estimate of drug-likeness (QED) is 0.725. The number of ether oxygens (including phenoxy) is 1. The van der Waals surface area contributed by atoms with Crippen LogP contribution in [0, 0.1) is 0 Å². The lowest BCUT2D eigenvalue weighted by atomic mass is 10.1. The van der Waals surface area contributed by atoms with E-state index in [4.69, 9.17) is 27.9 Å². The molecule has 2 amide bonds. The molecule has 0 aliphatic heterocycles. The highest BCUT2D eigenvalue weighted by atomic mass is 35.5. The van der Waals surface area contributed by atoms with E-state index in [0.29, 0.717) is 34.4 Å². The molecule has 0 radical (unpaired) electrons. The molecule has 2 aromatic carbocycles. The third kappa shape index (κ3) is 5.96. The van der Waals surface area contributed by atoms with Crippen molar-refractivity contribution >= 4 is 35.0 Å². The highest BCUT2D eigenvalue weighted by molar-refractivity contribution is 6.42. The van der Waals surface area contributed by atoms with Gasteiger partial charge in [-0.15, -0.1) is 0 Å². The lowest BCUT2D eigenvalue weighted by Gasteiger charge is -2.08. The normalized spacial score (nSPS) is 10.2. The third-order valence-corrected chi connectivity index (χ3v) is 4.15. The summed E-state index contributed by atoms with van der Waals surface area (Å²) in [5.74, 6) is 0.303. The fourth-order valence-corrected chi connectivity index (χ4v) is 2.45. The molecule has 0 bridgehead atoms. The summed E-state index contributed by atoms with van der Waals surface area (Å²) >= 11 is 11.7. The van der Waals surface area contributed by atoms with Crippen LogP contribution in [0.2, 0.25) is 10.0 Å². The minimum atomic E-state index is -0.277. The van der Waals surface area contributed by atoms with E-state index in [2.05, 4.69) is 10.6 Å². The first-order valence-corrected chi connectivity index (χ1v) is 8.38. The molecule has 25 heavy (non-hydrogen) atoms. The number of amides is 2. The third-order valence-electron chi connectivity index (χ3n) is 3.41. The van der Waals surface area contributed by atoms with E-state index in [1.807, 2.05) is 24.3 Å². The Hall–Kier alpha value is -2.24. The minimum absolute atomic E-state index is 0.128. The Balaban J connectivity index is 1.73. The molecule has 2 rings (SSSR count). The monoisotopic (exact) mass is 380 g/mol. The van der Waals surface area contributed by atoms with Crippen LogP contribution in [0.25, 0.3) is 0 Å². The van der Waals surface area contributed by atoms with Crippen molar-refractivity contribution in [1.29, 1.82) is 0 Å². The van der Waals surface area contributed by atoms with Crippen molar-refractivity contribution in [3.8, 4) is 5.75 Å². The van der Waals surface area contributed by atoms with Crippen molar-refractivity contribution in [2.75, 3.05) is 20.2 Å². The predicted molar refractivity (Wildman–Crippen MR) is 98.5 cm³/mol. The van der Waals surface area contributed by atoms with Crippen molar-refractivity contribution in [3.05, 3.63) is 63.6 Å². The molecular weight excluding hydrogens is 363 g/mol. The van der Waals surface area contributed by atoms with Crippen LogP contribution in [0.5, 0.6) is 5.75 Å². The highest BCUT2D eigenvalue weighted by Crippen LogP contribution is 2.22. The van der Waals surface area contributed by atoms with E-state index in [0.717, 1.165) is 5.56 Å². The van der Waals surface area contributed by atoms with Crippen LogP contribution in [0.1, 0.15) is 15.9 Å². The van der Waals surface area contributed by atoms with Gasteiger partial charge in [-0.3, -0.25) is 9.59 Å². The fourth-order valence-electron chi connectivity index (χ4n) is 2.15. The minimum Gasteiger partial charge on any atom is -0.497 e. The summed E-state index contributed by atoms with van der Waals surface area (Å²) in [6.45, 7) is 0.638. The van der Waals surface area contributed by atoms with E-state index >= 15 is 0 Å². The summed E-state index contributed by atoms with van der Waals surface area (Å²) < 4.78 is 5.12. The first kappa shape index (κ1) is 19.1. The molecule has 5 nitrogen and oxygen atoms in total. The van der Waals surface area contributed by atoms with Crippen LogP contribution >= 0.6 is 23.2 Å². The first-order chi connectivity index (χ1) is 12.0. The Morgan fingerprint density at radius 2 is 1.76 bits per heavy atom. The fraction of sp³-hybridized carbons (Fsp3) is 0.222. The van der Waals surface area contributed by atoms with Gasteiger partial charge in [0.1, 0.15) is 5.75 Å². The van der Waals surface area contributed by atoms with Crippen LogP contribution in [0.3, 0.4) is 0 Å². The average molecular weight is 381 g/mol. The molecule has 0 saturated carbocycles. The predicted octanol–water partition coefficient (Wildman–Crippen LogP) is 3.09. The number of hydrogen-bond acceptors (Lipinski definition) is 3. The molecule has 0 saturated heterocycles. The smallest absolute Gasteiger partial charge is 0.251 e. The molecular formula is C18H18Cl2N2O3. The molecule has 0 fully saturated rings. The van der Waals surface area contributed by atoms with Gasteiger partial charge >= 0.3 is 0 Å². The largest absolute Gasteiger partial charge is 0.497 e. The Labute approximate surface area is 156 Å². The summed E-state index contributed by atoms with van der Waals surface area (Å²) in [6, 6.07) is 12.0. The average Bonchev–Trinajstić information content (AvgIpc) is 2.61. The number of halogens is 2. The zero-order valence-corrected chi connectivity index (χ0v) is 15.2. The first-order valence-electron chi connectivity index (χ1n) is 7.62. The standard InChI is InChI=1S/C18H18Cl2N2O3/c1-25-14-4-2-3-12(9-14)10-17(23)21-7-8-22-18(24)13-5-6-15(19)16(20)11-13/h2-6,9,11H,7-8,10H2,1H3,(H,21,23)(H,22,24). The second-order valence-electron chi connectivity index (χ2n) is 5.26. The van der Waals surface area contributed by atoms with Crippen molar-refractivity contribution in [2.24, 2.45) is 0 Å². The Morgan fingerprint density at radius 1 is 1.00 bits per heavy atom. The maximum Gasteiger partial charge on any atom is 0.251 e. The van der Waals surface area contributed by atoms with E-state index in [-0.39, 0.29) is 18.2 Å². The molecule has 132 valence electrons. The Kier molecular flexibility index (Phi) is 7.10. The second-order valence-corrected chi connectivity index (χ2v) is 6.08. The summed E-state index contributed by atoms with van der Waals surface area (Å²) in [7, 11) is 1.58. The number of hydrogen-bond donors (Lipinski definition) is 2. The number of methoxy groups -OCH3 is 1. The van der Waals surface area contributed by atoms with Gasteiger partial charge in [0.2, 0.25) is 5.91 Å². The zero-order chi connectivity index (χ0) is 18.2. The van der Waals surface area contributed by atoms with Gasteiger partial charge in [-0.25, -0.2) is 0 Å². The van der Waals surface area contributed by atoms with Gasteiger partial charge in [-0.2, -0.15) is 0 Å². The van der Waals surface area contributed by atoms with E-state index in [1.165, 1.54) is 6.07 Å². The van der Waals surface area contributed by atoms with Crippen LogP contribution in [0.4, 0.5) is 0 Å². The summed E-state index contributed by atoms with van der Waals surface area (Å²) in [4.78, 5) is 23.9. The zero-order valence-electron chi connectivity index (χ0n) is 13.6. The summed E-state index contributed by atoms with van der Waals surface area (Å²) in [6.07, 6.45) is 0.248. The van der Waals surface area contributed by atoms with Gasteiger partial charge in [0.25, 0.3) is 5.91 Å². The van der Waals surface area contributed by atoms with Crippen LogP contribution in [-0.2, 0) is 11.2 Å². The van der Waals surface area contributed by atoms with Crippen LogP contribution < -0.4 is 15.4 Å². The molecule has 0 aliphatic carbocycles. The SMILES string of the molecule is COc1cccc(CC(=O)NCCNC(=O)c2ccc(Cl)c(Cl)c2)c1. The van der Waals surface area contributed by atoms with Gasteiger partial charge in [0, 0.05) is 18.7 Å². The second kappa shape index (κ2) is 9.30. The molecule has 2 N–H and O–H groups in total. The van der Waals surface area contributed by atoms with E-state index < -0.39 is 0 Å². The summed E-state index contributed by atoms with van der Waals surface area (Å²) in [5.41, 5.74) is 1.27. The van der Waals surface area contributed by atoms with Crippen molar-refractivity contribution in [3.63, 3.8) is 0 Å². The lowest BCUT2D eigenvalue weighted by Crippen LogP contribution is -2.35.